The summed E-state index contributed by atoms with van der Waals surface area (Å²) < 4.78 is 7.26. The Hall–Kier alpha value is -1.62. The van der Waals surface area contributed by atoms with Gasteiger partial charge in [-0.3, -0.25) is 0 Å². The summed E-state index contributed by atoms with van der Waals surface area (Å²) in [6.07, 6.45) is 7.57. The zero-order valence-electron chi connectivity index (χ0n) is 8.97. The van der Waals surface area contributed by atoms with Crippen molar-refractivity contribution >= 4 is 0 Å². The highest BCUT2D eigenvalue weighted by molar-refractivity contribution is 5.17. The van der Waals surface area contributed by atoms with Gasteiger partial charge in [-0.1, -0.05) is 0 Å². The van der Waals surface area contributed by atoms with E-state index in [4.69, 9.17) is 4.42 Å². The molecule has 0 spiro atoms. The molecule has 0 atom stereocenters. The highest BCUT2D eigenvalue weighted by Gasteiger charge is 2.21. The second-order valence-corrected chi connectivity index (χ2v) is 4.12. The van der Waals surface area contributed by atoms with Gasteiger partial charge in [0.15, 0.2) is 0 Å². The fourth-order valence-corrected chi connectivity index (χ4v) is 1.68. The third-order valence-corrected chi connectivity index (χ3v) is 2.77. The van der Waals surface area contributed by atoms with Crippen LogP contribution in [0.1, 0.15) is 24.2 Å². The number of aromatic nitrogens is 3. The van der Waals surface area contributed by atoms with Gasteiger partial charge in [0.1, 0.15) is 18.4 Å². The van der Waals surface area contributed by atoms with Gasteiger partial charge in [0.05, 0.1) is 19.4 Å². The Kier molecular flexibility index (Phi) is 2.46. The van der Waals surface area contributed by atoms with E-state index in [1.165, 1.54) is 18.4 Å². The number of rotatable bonds is 5. The largest absolute Gasteiger partial charge is 0.468 e. The molecule has 84 valence electrons. The second kappa shape index (κ2) is 4.09. The number of furan rings is 1. The summed E-state index contributed by atoms with van der Waals surface area (Å²) in [7, 11) is 0. The van der Waals surface area contributed by atoms with Crippen LogP contribution < -0.4 is 5.32 Å². The standard InChI is InChI=1S/C11H14N4O/c1-2-10(1)13-5-11-9(3-4-16-11)6-15-8-12-7-14-15/h3-4,7-8,10,13H,1-2,5-6H2. The smallest absolute Gasteiger partial charge is 0.137 e. The van der Waals surface area contributed by atoms with Crippen molar-refractivity contribution < 1.29 is 4.42 Å². The van der Waals surface area contributed by atoms with E-state index in [0.29, 0.717) is 6.04 Å². The van der Waals surface area contributed by atoms with Crippen molar-refractivity contribution in [2.24, 2.45) is 0 Å². The SMILES string of the molecule is c1ncn(Cc2ccoc2CNC2CC2)n1. The molecule has 1 N–H and O–H groups in total. The summed E-state index contributed by atoms with van der Waals surface area (Å²) in [4.78, 5) is 3.92. The Morgan fingerprint density at radius 3 is 3.19 bits per heavy atom. The zero-order valence-corrected chi connectivity index (χ0v) is 8.97. The summed E-state index contributed by atoms with van der Waals surface area (Å²) in [6, 6.07) is 2.69. The minimum absolute atomic E-state index is 0.698. The van der Waals surface area contributed by atoms with E-state index in [0.717, 1.165) is 18.8 Å². The predicted octanol–water partition coefficient (Wildman–Crippen LogP) is 1.17. The van der Waals surface area contributed by atoms with Crippen LogP contribution in [0.4, 0.5) is 0 Å². The summed E-state index contributed by atoms with van der Waals surface area (Å²) in [6.45, 7) is 1.53. The first-order valence-corrected chi connectivity index (χ1v) is 5.53. The number of nitrogens with zero attached hydrogens (tertiary/aromatic N) is 3. The first-order valence-electron chi connectivity index (χ1n) is 5.53. The lowest BCUT2D eigenvalue weighted by molar-refractivity contribution is 0.474. The summed E-state index contributed by atoms with van der Waals surface area (Å²) >= 11 is 0. The van der Waals surface area contributed by atoms with Crippen LogP contribution >= 0.6 is 0 Å². The molecule has 5 heteroatoms. The Morgan fingerprint density at radius 2 is 2.44 bits per heavy atom. The van der Waals surface area contributed by atoms with Crippen molar-refractivity contribution in [3.05, 3.63) is 36.3 Å². The molecule has 0 aromatic carbocycles. The Labute approximate surface area is 93.5 Å². The van der Waals surface area contributed by atoms with Crippen molar-refractivity contribution in [2.75, 3.05) is 0 Å². The molecule has 3 rings (SSSR count). The van der Waals surface area contributed by atoms with Gasteiger partial charge < -0.3 is 9.73 Å². The minimum Gasteiger partial charge on any atom is -0.468 e. The number of hydrogen-bond acceptors (Lipinski definition) is 4. The van der Waals surface area contributed by atoms with E-state index in [9.17, 15) is 0 Å². The van der Waals surface area contributed by atoms with Gasteiger partial charge in [-0.25, -0.2) is 9.67 Å². The zero-order chi connectivity index (χ0) is 10.8. The van der Waals surface area contributed by atoms with Gasteiger partial charge in [-0.2, -0.15) is 5.10 Å². The molecule has 5 nitrogen and oxygen atoms in total. The molecule has 1 aliphatic rings. The molecule has 0 radical (unpaired) electrons. The molecule has 0 unspecified atom stereocenters. The molecule has 16 heavy (non-hydrogen) atoms. The monoisotopic (exact) mass is 218 g/mol. The molecular weight excluding hydrogens is 204 g/mol. The van der Waals surface area contributed by atoms with Crippen LogP contribution in [0.15, 0.2) is 29.4 Å². The van der Waals surface area contributed by atoms with E-state index >= 15 is 0 Å². The van der Waals surface area contributed by atoms with Crippen molar-refractivity contribution in [2.45, 2.75) is 32.0 Å². The maximum absolute atomic E-state index is 5.47. The predicted molar refractivity (Wildman–Crippen MR) is 57.7 cm³/mol. The van der Waals surface area contributed by atoms with E-state index in [-0.39, 0.29) is 0 Å². The highest BCUT2D eigenvalue weighted by Crippen LogP contribution is 2.20. The lowest BCUT2D eigenvalue weighted by Gasteiger charge is -2.03. The number of nitrogens with one attached hydrogen (secondary N) is 1. The lowest BCUT2D eigenvalue weighted by Crippen LogP contribution is -2.16. The quantitative estimate of drug-likeness (QED) is 0.818. The van der Waals surface area contributed by atoms with Crippen LogP contribution in [0.3, 0.4) is 0 Å². The van der Waals surface area contributed by atoms with Gasteiger partial charge in [-0.05, 0) is 18.9 Å². The molecule has 2 aromatic rings. The molecule has 2 aromatic heterocycles. The van der Waals surface area contributed by atoms with Crippen LogP contribution in [0, 0.1) is 0 Å². The van der Waals surface area contributed by atoms with Crippen LogP contribution in [0.2, 0.25) is 0 Å². The Morgan fingerprint density at radius 1 is 1.50 bits per heavy atom. The molecule has 0 saturated heterocycles. The third kappa shape index (κ3) is 2.14. The van der Waals surface area contributed by atoms with E-state index < -0.39 is 0 Å². The molecule has 1 saturated carbocycles. The third-order valence-electron chi connectivity index (χ3n) is 2.77. The molecule has 1 fully saturated rings. The van der Waals surface area contributed by atoms with Gasteiger partial charge in [-0.15, -0.1) is 0 Å². The Balaban J connectivity index is 1.66. The normalized spacial score (nSPS) is 15.5. The first-order chi connectivity index (χ1) is 7.92. The molecular formula is C11H14N4O. The summed E-state index contributed by atoms with van der Waals surface area (Å²) in [5.41, 5.74) is 1.17. The highest BCUT2D eigenvalue weighted by atomic mass is 16.3. The summed E-state index contributed by atoms with van der Waals surface area (Å²) in [5, 5.41) is 7.52. The second-order valence-electron chi connectivity index (χ2n) is 4.12. The minimum atomic E-state index is 0.698. The molecule has 0 bridgehead atoms. The van der Waals surface area contributed by atoms with Crippen molar-refractivity contribution in [3.63, 3.8) is 0 Å². The van der Waals surface area contributed by atoms with Gasteiger partial charge in [0.2, 0.25) is 0 Å². The lowest BCUT2D eigenvalue weighted by atomic mass is 10.2. The van der Waals surface area contributed by atoms with E-state index in [2.05, 4.69) is 15.4 Å². The van der Waals surface area contributed by atoms with Gasteiger partial charge in [0, 0.05) is 11.6 Å². The molecule has 0 amide bonds. The van der Waals surface area contributed by atoms with Crippen molar-refractivity contribution in [1.82, 2.24) is 20.1 Å². The van der Waals surface area contributed by atoms with Crippen LogP contribution in [-0.2, 0) is 13.1 Å². The Bertz CT molecular complexity index is 444. The average molecular weight is 218 g/mol. The molecule has 1 aliphatic carbocycles. The fraction of sp³-hybridized carbons (Fsp3) is 0.455. The van der Waals surface area contributed by atoms with Crippen LogP contribution in [0.5, 0.6) is 0 Å². The van der Waals surface area contributed by atoms with Gasteiger partial charge >= 0.3 is 0 Å². The molecule has 0 aliphatic heterocycles. The van der Waals surface area contributed by atoms with Crippen LogP contribution in [0.25, 0.3) is 0 Å². The number of hydrogen-bond donors (Lipinski definition) is 1. The van der Waals surface area contributed by atoms with Gasteiger partial charge in [0.25, 0.3) is 0 Å². The summed E-state index contributed by atoms with van der Waals surface area (Å²) in [5.74, 6) is 1.00. The topological polar surface area (TPSA) is 55.9 Å². The van der Waals surface area contributed by atoms with Crippen molar-refractivity contribution in [3.8, 4) is 0 Å². The average Bonchev–Trinajstić information content (AvgIpc) is 2.79. The first kappa shape index (κ1) is 9.59. The van der Waals surface area contributed by atoms with E-state index in [1.807, 2.05) is 6.07 Å². The maximum atomic E-state index is 5.47. The maximum Gasteiger partial charge on any atom is 0.137 e. The van der Waals surface area contributed by atoms with Crippen LogP contribution in [-0.4, -0.2) is 20.8 Å². The van der Waals surface area contributed by atoms with E-state index in [1.54, 1.807) is 23.6 Å². The van der Waals surface area contributed by atoms with Crippen molar-refractivity contribution in [1.29, 1.82) is 0 Å². The molecule has 2 heterocycles. The fourth-order valence-electron chi connectivity index (χ4n) is 1.68.